The number of hydrogen-bond donors (Lipinski definition) is 0. The highest BCUT2D eigenvalue weighted by Crippen LogP contribution is 2.28. The van der Waals surface area contributed by atoms with Gasteiger partial charge >= 0.3 is 17.9 Å². The Balaban J connectivity index is 2.41. The Morgan fingerprint density at radius 2 is 0.463 bits per heavy atom. The van der Waals surface area contributed by atoms with Crippen molar-refractivity contribution in [3.8, 4) is 0 Å². The molecule has 54 heavy (non-hydrogen) atoms. The SMILES string of the molecule is CCCCCCCCCCCCCC(=O)OC1CC(OC(=O)CCCCCCCCCCCCC)CC(OC(=O)CCCCCCCCCCCCC)C1. The van der Waals surface area contributed by atoms with Gasteiger partial charge in [0.1, 0.15) is 18.3 Å². The molecule has 0 bridgehead atoms. The van der Waals surface area contributed by atoms with Crippen LogP contribution >= 0.6 is 0 Å². The summed E-state index contributed by atoms with van der Waals surface area (Å²) in [5.74, 6) is -0.556. The van der Waals surface area contributed by atoms with Gasteiger partial charge in [0, 0.05) is 38.5 Å². The molecule has 0 aromatic rings. The van der Waals surface area contributed by atoms with Crippen molar-refractivity contribution in [3.05, 3.63) is 0 Å². The molecule has 0 amide bonds. The van der Waals surface area contributed by atoms with E-state index in [0.717, 1.165) is 38.5 Å². The van der Waals surface area contributed by atoms with Gasteiger partial charge in [0.15, 0.2) is 0 Å². The summed E-state index contributed by atoms with van der Waals surface area (Å²) in [5, 5.41) is 0. The number of esters is 3. The monoisotopic (exact) mass is 763 g/mol. The lowest BCUT2D eigenvalue weighted by Gasteiger charge is -2.34. The number of unbranched alkanes of at least 4 members (excludes halogenated alkanes) is 30. The van der Waals surface area contributed by atoms with Crippen molar-refractivity contribution in [2.75, 3.05) is 0 Å². The van der Waals surface area contributed by atoms with Crippen LogP contribution in [0.2, 0.25) is 0 Å². The minimum absolute atomic E-state index is 0.185. The van der Waals surface area contributed by atoms with E-state index in [9.17, 15) is 14.4 Å². The Kier molecular flexibility index (Phi) is 35.8. The molecule has 1 saturated carbocycles. The fraction of sp³-hybridized carbons (Fsp3) is 0.938. The van der Waals surface area contributed by atoms with Gasteiger partial charge in [-0.2, -0.15) is 0 Å². The fourth-order valence-corrected chi connectivity index (χ4v) is 7.99. The minimum atomic E-state index is -0.390. The maximum absolute atomic E-state index is 12.8. The molecule has 0 aliphatic heterocycles. The molecular weight excluding hydrogens is 673 g/mol. The van der Waals surface area contributed by atoms with Crippen molar-refractivity contribution in [2.24, 2.45) is 0 Å². The van der Waals surface area contributed by atoms with Gasteiger partial charge in [-0.15, -0.1) is 0 Å². The first-order valence-electron chi connectivity index (χ1n) is 24.1. The number of carbonyl (C=O) groups excluding carboxylic acids is 3. The maximum atomic E-state index is 12.8. The van der Waals surface area contributed by atoms with Crippen LogP contribution in [0.3, 0.4) is 0 Å². The van der Waals surface area contributed by atoms with Crippen molar-refractivity contribution in [2.45, 2.75) is 289 Å². The van der Waals surface area contributed by atoms with Gasteiger partial charge in [0.05, 0.1) is 0 Å². The Labute approximate surface area is 335 Å². The largest absolute Gasteiger partial charge is 0.462 e. The molecular formula is C48H90O6. The van der Waals surface area contributed by atoms with Crippen molar-refractivity contribution in [3.63, 3.8) is 0 Å². The normalized spacial score (nSPS) is 17.1. The van der Waals surface area contributed by atoms with Crippen molar-refractivity contribution in [1.82, 2.24) is 0 Å². The van der Waals surface area contributed by atoms with Crippen LogP contribution in [0.4, 0.5) is 0 Å². The third-order valence-corrected chi connectivity index (χ3v) is 11.4. The zero-order chi connectivity index (χ0) is 39.2. The van der Waals surface area contributed by atoms with Crippen molar-refractivity contribution < 1.29 is 28.6 Å². The van der Waals surface area contributed by atoms with Gasteiger partial charge in [-0.05, 0) is 19.3 Å². The van der Waals surface area contributed by atoms with Gasteiger partial charge in [0.2, 0.25) is 0 Å². The predicted molar refractivity (Wildman–Crippen MR) is 227 cm³/mol. The molecule has 0 N–H and O–H groups in total. The predicted octanol–water partition coefficient (Wildman–Crippen LogP) is 15.0. The van der Waals surface area contributed by atoms with Gasteiger partial charge in [-0.25, -0.2) is 0 Å². The molecule has 1 aliphatic carbocycles. The van der Waals surface area contributed by atoms with E-state index in [-0.39, 0.29) is 17.9 Å². The topological polar surface area (TPSA) is 78.9 Å². The van der Waals surface area contributed by atoms with Crippen molar-refractivity contribution in [1.29, 1.82) is 0 Å². The minimum Gasteiger partial charge on any atom is -0.462 e. The second kappa shape index (κ2) is 38.3. The number of carbonyl (C=O) groups is 3. The molecule has 0 atom stereocenters. The first-order valence-corrected chi connectivity index (χ1v) is 24.1. The first kappa shape index (κ1) is 50.4. The number of ether oxygens (including phenoxy) is 3. The molecule has 1 aliphatic rings. The Hall–Kier alpha value is -1.59. The van der Waals surface area contributed by atoms with Gasteiger partial charge in [0.25, 0.3) is 0 Å². The highest BCUT2D eigenvalue weighted by atomic mass is 16.6. The van der Waals surface area contributed by atoms with E-state index in [0.29, 0.717) is 38.5 Å². The van der Waals surface area contributed by atoms with E-state index in [2.05, 4.69) is 20.8 Å². The van der Waals surface area contributed by atoms with E-state index in [4.69, 9.17) is 14.2 Å². The van der Waals surface area contributed by atoms with Crippen LogP contribution in [-0.4, -0.2) is 36.2 Å². The summed E-state index contributed by atoms with van der Waals surface area (Å²) in [5.41, 5.74) is 0. The number of hydrogen-bond acceptors (Lipinski definition) is 6. The third-order valence-electron chi connectivity index (χ3n) is 11.4. The molecule has 6 heteroatoms. The fourth-order valence-electron chi connectivity index (χ4n) is 7.99. The lowest BCUT2D eigenvalue weighted by atomic mass is 9.92. The molecule has 1 fully saturated rings. The molecule has 6 nitrogen and oxygen atoms in total. The highest BCUT2D eigenvalue weighted by Gasteiger charge is 2.35. The number of rotatable bonds is 39. The molecule has 0 unspecified atom stereocenters. The summed E-state index contributed by atoms with van der Waals surface area (Å²) in [6, 6.07) is 0. The third kappa shape index (κ3) is 32.6. The van der Waals surface area contributed by atoms with Crippen LogP contribution in [0, 0.1) is 0 Å². The first-order chi connectivity index (χ1) is 26.5. The average Bonchev–Trinajstić information content (AvgIpc) is 3.15. The quantitative estimate of drug-likeness (QED) is 0.0352. The van der Waals surface area contributed by atoms with E-state index >= 15 is 0 Å². The summed E-state index contributed by atoms with van der Waals surface area (Å²) in [4.78, 5) is 38.5. The summed E-state index contributed by atoms with van der Waals surface area (Å²) >= 11 is 0. The van der Waals surface area contributed by atoms with Crippen LogP contribution in [0.25, 0.3) is 0 Å². The molecule has 318 valence electrons. The summed E-state index contributed by atoms with van der Waals surface area (Å²) < 4.78 is 17.8. The van der Waals surface area contributed by atoms with Crippen LogP contribution in [0.15, 0.2) is 0 Å². The van der Waals surface area contributed by atoms with Crippen LogP contribution < -0.4 is 0 Å². The second-order valence-electron chi connectivity index (χ2n) is 16.9. The highest BCUT2D eigenvalue weighted by molar-refractivity contribution is 5.70. The average molecular weight is 763 g/mol. The smallest absolute Gasteiger partial charge is 0.306 e. The Morgan fingerprint density at radius 3 is 0.648 bits per heavy atom. The molecule has 0 saturated heterocycles. The molecule has 0 spiro atoms. The molecule has 1 rings (SSSR count). The van der Waals surface area contributed by atoms with Crippen LogP contribution in [0.5, 0.6) is 0 Å². The summed E-state index contributed by atoms with van der Waals surface area (Å²) in [6.07, 6.45) is 42.4. The second-order valence-corrected chi connectivity index (χ2v) is 16.9. The Bertz CT molecular complexity index is 743. The van der Waals surface area contributed by atoms with Gasteiger partial charge in [-0.1, -0.05) is 213 Å². The van der Waals surface area contributed by atoms with Gasteiger partial charge in [-0.3, -0.25) is 14.4 Å². The standard InChI is InChI=1S/C48H90O6/c1-4-7-10-13-16-19-22-25-28-31-34-37-46(49)52-43-40-44(53-47(50)38-35-32-29-26-23-20-17-14-11-8-5-2)42-45(41-43)54-48(51)39-36-33-30-27-24-21-18-15-12-9-6-3/h43-45H,4-42H2,1-3H3. The van der Waals surface area contributed by atoms with E-state index in [1.807, 2.05) is 0 Å². The summed E-state index contributed by atoms with van der Waals surface area (Å²) in [7, 11) is 0. The zero-order valence-corrected chi connectivity index (χ0v) is 36.3. The summed E-state index contributed by atoms with van der Waals surface area (Å²) in [6.45, 7) is 6.78. The molecule has 0 radical (unpaired) electrons. The van der Waals surface area contributed by atoms with E-state index in [1.54, 1.807) is 0 Å². The maximum Gasteiger partial charge on any atom is 0.306 e. The molecule has 0 aromatic carbocycles. The lowest BCUT2D eigenvalue weighted by Crippen LogP contribution is -2.40. The molecule has 0 aromatic heterocycles. The van der Waals surface area contributed by atoms with E-state index in [1.165, 1.54) is 173 Å². The van der Waals surface area contributed by atoms with E-state index < -0.39 is 18.3 Å². The lowest BCUT2D eigenvalue weighted by molar-refractivity contribution is -0.169. The van der Waals surface area contributed by atoms with Gasteiger partial charge < -0.3 is 14.2 Å². The van der Waals surface area contributed by atoms with Crippen LogP contribution in [-0.2, 0) is 28.6 Å². The molecule has 0 heterocycles. The van der Waals surface area contributed by atoms with Crippen LogP contribution in [0.1, 0.15) is 271 Å². The van der Waals surface area contributed by atoms with Crippen molar-refractivity contribution >= 4 is 17.9 Å². The Morgan fingerprint density at radius 1 is 0.296 bits per heavy atom. The zero-order valence-electron chi connectivity index (χ0n) is 36.3.